The van der Waals surface area contributed by atoms with Crippen LogP contribution in [0, 0.1) is 12.8 Å². The topological polar surface area (TPSA) is 67.2 Å². The van der Waals surface area contributed by atoms with Crippen LogP contribution in [-0.2, 0) is 11.3 Å². The number of para-hydroxylation sites is 2. The van der Waals surface area contributed by atoms with Crippen molar-refractivity contribution in [1.29, 1.82) is 0 Å². The van der Waals surface area contributed by atoms with Crippen LogP contribution < -0.4 is 10.2 Å². The van der Waals surface area contributed by atoms with Gasteiger partial charge in [0.15, 0.2) is 0 Å². The smallest absolute Gasteiger partial charge is 0.295 e. The predicted octanol–water partition coefficient (Wildman–Crippen LogP) is 4.46. The maximum absolute atomic E-state index is 13.8. The zero-order valence-electron chi connectivity index (χ0n) is 19.0. The third-order valence-corrected chi connectivity index (χ3v) is 7.14. The fourth-order valence-electron chi connectivity index (χ4n) is 5.12. The minimum Gasteiger partial charge on any atom is -0.351 e. The zero-order valence-corrected chi connectivity index (χ0v) is 19.0. The Hall–Kier alpha value is -3.15. The Morgan fingerprint density at radius 3 is 2.47 bits per heavy atom. The first-order valence-electron chi connectivity index (χ1n) is 11.5. The van der Waals surface area contributed by atoms with Gasteiger partial charge in [-0.1, -0.05) is 36.8 Å². The van der Waals surface area contributed by atoms with Crippen molar-refractivity contribution in [2.45, 2.75) is 64.6 Å². The monoisotopic (exact) mass is 430 g/mol. The van der Waals surface area contributed by atoms with E-state index >= 15 is 0 Å². The number of nitrogens with zero attached hydrogens (tertiary/aromatic N) is 3. The average molecular weight is 431 g/mol. The first-order valence-corrected chi connectivity index (χ1v) is 11.5. The Morgan fingerprint density at radius 1 is 1.06 bits per heavy atom. The Kier molecular flexibility index (Phi) is 5.03. The molecule has 32 heavy (non-hydrogen) atoms. The maximum Gasteiger partial charge on any atom is 0.295 e. The number of aromatic nitrogens is 2. The number of nitrogens with one attached hydrogen (secondary N) is 1. The van der Waals surface area contributed by atoms with Crippen LogP contribution in [0.25, 0.3) is 11.0 Å². The second-order valence-corrected chi connectivity index (χ2v) is 9.69. The molecular formula is C26H30N4O2. The lowest BCUT2D eigenvalue weighted by atomic mass is 9.86. The van der Waals surface area contributed by atoms with E-state index in [-0.39, 0.29) is 17.9 Å². The van der Waals surface area contributed by atoms with E-state index in [0.29, 0.717) is 24.0 Å². The van der Waals surface area contributed by atoms with Gasteiger partial charge in [0.05, 0.1) is 17.6 Å². The molecule has 2 aromatic carbocycles. The van der Waals surface area contributed by atoms with Gasteiger partial charge in [0.2, 0.25) is 11.7 Å². The van der Waals surface area contributed by atoms with Crippen molar-refractivity contribution in [3.8, 4) is 0 Å². The standard InChI is InChI=1S/C26H30N4O2/c1-17-8-12-19(13-9-17)27-25(32)26(3)16-29-22-7-5-4-6-21(22)28-23(29)24(31)30(26)20-14-10-18(2)11-15-20/h4-7,10-11,14-15,17,19H,8-9,12-13,16H2,1-3H3,(H,27,32)/t17?,19?,26-/m1/s1. The molecule has 1 aliphatic carbocycles. The van der Waals surface area contributed by atoms with Gasteiger partial charge in [-0.05, 0) is 69.7 Å². The number of benzene rings is 2. The highest BCUT2D eigenvalue weighted by Crippen LogP contribution is 2.35. The molecular weight excluding hydrogens is 400 g/mol. The molecule has 6 heteroatoms. The summed E-state index contributed by atoms with van der Waals surface area (Å²) < 4.78 is 1.91. The summed E-state index contributed by atoms with van der Waals surface area (Å²) in [4.78, 5) is 33.8. The average Bonchev–Trinajstić information content (AvgIpc) is 3.15. The molecule has 2 aliphatic rings. The second kappa shape index (κ2) is 7.76. The second-order valence-electron chi connectivity index (χ2n) is 9.69. The van der Waals surface area contributed by atoms with Crippen molar-refractivity contribution in [3.63, 3.8) is 0 Å². The van der Waals surface area contributed by atoms with E-state index < -0.39 is 5.54 Å². The van der Waals surface area contributed by atoms with Gasteiger partial charge in [0.25, 0.3) is 5.91 Å². The fourth-order valence-corrected chi connectivity index (χ4v) is 5.12. The van der Waals surface area contributed by atoms with Crippen LogP contribution in [0.1, 0.15) is 55.7 Å². The van der Waals surface area contributed by atoms with Gasteiger partial charge in [-0.2, -0.15) is 0 Å². The van der Waals surface area contributed by atoms with Crippen LogP contribution in [-0.4, -0.2) is 32.9 Å². The normalized spacial score (nSPS) is 25.6. The summed E-state index contributed by atoms with van der Waals surface area (Å²) in [5, 5.41) is 3.29. The quantitative estimate of drug-likeness (QED) is 0.667. The molecule has 1 aromatic heterocycles. The molecule has 5 rings (SSSR count). The molecule has 6 nitrogen and oxygen atoms in total. The van der Waals surface area contributed by atoms with Crippen molar-refractivity contribution < 1.29 is 9.59 Å². The summed E-state index contributed by atoms with van der Waals surface area (Å²) in [5.74, 6) is 0.739. The highest BCUT2D eigenvalue weighted by atomic mass is 16.2. The van der Waals surface area contributed by atoms with Gasteiger partial charge in [0.1, 0.15) is 5.54 Å². The van der Waals surface area contributed by atoms with Crippen LogP contribution in [0.2, 0.25) is 0 Å². The lowest BCUT2D eigenvalue weighted by Gasteiger charge is -2.44. The lowest BCUT2D eigenvalue weighted by molar-refractivity contribution is -0.127. The molecule has 166 valence electrons. The van der Waals surface area contributed by atoms with Gasteiger partial charge < -0.3 is 9.88 Å². The maximum atomic E-state index is 13.8. The molecule has 3 aromatic rings. The van der Waals surface area contributed by atoms with Crippen LogP contribution in [0.15, 0.2) is 48.5 Å². The fraction of sp³-hybridized carbons (Fsp3) is 0.423. The van der Waals surface area contributed by atoms with E-state index in [1.807, 2.05) is 66.9 Å². The number of anilines is 1. The number of hydrogen-bond acceptors (Lipinski definition) is 3. The van der Waals surface area contributed by atoms with Gasteiger partial charge in [-0.25, -0.2) is 4.98 Å². The Labute approximate surface area is 188 Å². The van der Waals surface area contributed by atoms with E-state index in [2.05, 4.69) is 17.2 Å². The Bertz CT molecular complexity index is 1170. The molecule has 0 bridgehead atoms. The Morgan fingerprint density at radius 2 is 1.75 bits per heavy atom. The minimum absolute atomic E-state index is 0.102. The van der Waals surface area contributed by atoms with Gasteiger partial charge in [0, 0.05) is 11.7 Å². The highest BCUT2D eigenvalue weighted by molar-refractivity contribution is 6.12. The van der Waals surface area contributed by atoms with Crippen molar-refractivity contribution in [2.24, 2.45) is 5.92 Å². The van der Waals surface area contributed by atoms with Gasteiger partial charge >= 0.3 is 0 Å². The molecule has 0 unspecified atom stereocenters. The third-order valence-electron chi connectivity index (χ3n) is 7.14. The van der Waals surface area contributed by atoms with E-state index in [1.165, 1.54) is 0 Å². The number of rotatable bonds is 3. The lowest BCUT2D eigenvalue weighted by Crippen LogP contribution is -2.65. The summed E-state index contributed by atoms with van der Waals surface area (Å²) in [6.45, 7) is 6.52. The van der Waals surface area contributed by atoms with Crippen molar-refractivity contribution in [1.82, 2.24) is 14.9 Å². The summed E-state index contributed by atoms with van der Waals surface area (Å²) in [6.07, 6.45) is 4.22. The van der Waals surface area contributed by atoms with Crippen LogP contribution in [0.4, 0.5) is 5.69 Å². The number of imidazole rings is 1. The largest absolute Gasteiger partial charge is 0.351 e. The first kappa shape index (κ1) is 20.7. The van der Waals surface area contributed by atoms with Gasteiger partial charge in [-0.15, -0.1) is 0 Å². The number of aryl methyl sites for hydroxylation is 1. The number of carbonyl (C=O) groups excluding carboxylic acids is 2. The number of carbonyl (C=O) groups is 2. The molecule has 2 amide bonds. The van der Waals surface area contributed by atoms with Crippen LogP contribution in [0.5, 0.6) is 0 Å². The zero-order chi connectivity index (χ0) is 22.5. The molecule has 1 fully saturated rings. The molecule has 2 heterocycles. The highest BCUT2D eigenvalue weighted by Gasteiger charge is 2.49. The summed E-state index contributed by atoms with van der Waals surface area (Å²) >= 11 is 0. The predicted molar refractivity (Wildman–Crippen MR) is 126 cm³/mol. The molecule has 1 aliphatic heterocycles. The van der Waals surface area contributed by atoms with E-state index in [4.69, 9.17) is 0 Å². The SMILES string of the molecule is Cc1ccc(N2C(=O)c3nc4ccccc4n3C[C@]2(C)C(=O)NC2CCC(C)CC2)cc1. The number of hydrogen-bond donors (Lipinski definition) is 1. The molecule has 0 radical (unpaired) electrons. The Balaban J connectivity index is 1.57. The first-order chi connectivity index (χ1) is 15.4. The van der Waals surface area contributed by atoms with Crippen molar-refractivity contribution in [3.05, 3.63) is 59.9 Å². The summed E-state index contributed by atoms with van der Waals surface area (Å²) in [7, 11) is 0. The van der Waals surface area contributed by atoms with Crippen LogP contribution in [0.3, 0.4) is 0 Å². The van der Waals surface area contributed by atoms with Crippen LogP contribution >= 0.6 is 0 Å². The summed E-state index contributed by atoms with van der Waals surface area (Å²) in [5.41, 5.74) is 2.41. The molecule has 1 saturated carbocycles. The van der Waals surface area contributed by atoms with E-state index in [9.17, 15) is 9.59 Å². The molecule has 1 atom stereocenters. The number of amides is 2. The van der Waals surface area contributed by atoms with E-state index in [1.54, 1.807) is 4.90 Å². The molecule has 1 N–H and O–H groups in total. The molecule has 0 spiro atoms. The van der Waals surface area contributed by atoms with E-state index in [0.717, 1.165) is 42.3 Å². The van der Waals surface area contributed by atoms with Gasteiger partial charge in [-0.3, -0.25) is 14.5 Å². The van der Waals surface area contributed by atoms with Crippen molar-refractivity contribution >= 4 is 28.5 Å². The molecule has 0 saturated heterocycles. The number of fused-ring (bicyclic) bond motifs is 3. The third kappa shape index (κ3) is 3.38. The minimum atomic E-state index is -1.06. The van der Waals surface area contributed by atoms with Crippen molar-refractivity contribution in [2.75, 3.05) is 4.90 Å². The summed E-state index contributed by atoms with van der Waals surface area (Å²) in [6, 6.07) is 15.7.